The number of hydrogen-bond donors (Lipinski definition) is 1. The SMILES string of the molecule is Cl.NCC1CC1c1ccc(-c2ccco2)cc1. The van der Waals surface area contributed by atoms with Gasteiger partial charge in [0.25, 0.3) is 0 Å². The van der Waals surface area contributed by atoms with Crippen molar-refractivity contribution >= 4 is 12.4 Å². The molecule has 2 nitrogen and oxygen atoms in total. The summed E-state index contributed by atoms with van der Waals surface area (Å²) in [6.45, 7) is 0.810. The van der Waals surface area contributed by atoms with Gasteiger partial charge in [-0.1, -0.05) is 24.3 Å². The van der Waals surface area contributed by atoms with Crippen LogP contribution >= 0.6 is 12.4 Å². The molecule has 1 aromatic carbocycles. The third-order valence-corrected chi connectivity index (χ3v) is 3.37. The summed E-state index contributed by atoms with van der Waals surface area (Å²) in [6.07, 6.45) is 2.95. The Morgan fingerprint density at radius 3 is 2.47 bits per heavy atom. The number of furan rings is 1. The van der Waals surface area contributed by atoms with Gasteiger partial charge in [0.05, 0.1) is 6.26 Å². The van der Waals surface area contributed by atoms with E-state index in [1.807, 2.05) is 12.1 Å². The van der Waals surface area contributed by atoms with Crippen molar-refractivity contribution in [3.8, 4) is 11.3 Å². The van der Waals surface area contributed by atoms with Gasteiger partial charge in [-0.25, -0.2) is 0 Å². The van der Waals surface area contributed by atoms with Crippen molar-refractivity contribution in [2.75, 3.05) is 6.54 Å². The van der Waals surface area contributed by atoms with Crippen LogP contribution in [0.15, 0.2) is 47.1 Å². The van der Waals surface area contributed by atoms with Crippen LogP contribution in [-0.2, 0) is 0 Å². The van der Waals surface area contributed by atoms with Crippen LogP contribution < -0.4 is 5.73 Å². The molecule has 1 aromatic heterocycles. The predicted molar refractivity (Wildman–Crippen MR) is 71.3 cm³/mol. The molecular weight excluding hydrogens is 234 g/mol. The van der Waals surface area contributed by atoms with Crippen LogP contribution in [0.1, 0.15) is 17.9 Å². The third-order valence-electron chi connectivity index (χ3n) is 3.37. The van der Waals surface area contributed by atoms with E-state index in [0.717, 1.165) is 17.9 Å². The molecule has 2 aromatic rings. The van der Waals surface area contributed by atoms with Crippen molar-refractivity contribution in [2.24, 2.45) is 11.7 Å². The van der Waals surface area contributed by atoms with E-state index in [1.54, 1.807) is 6.26 Å². The molecule has 0 spiro atoms. The molecule has 0 bridgehead atoms. The monoisotopic (exact) mass is 249 g/mol. The fourth-order valence-electron chi connectivity index (χ4n) is 2.25. The lowest BCUT2D eigenvalue weighted by atomic mass is 10.1. The molecule has 2 unspecified atom stereocenters. The van der Waals surface area contributed by atoms with E-state index >= 15 is 0 Å². The first kappa shape index (κ1) is 12.2. The molecule has 0 amide bonds. The Labute approximate surface area is 107 Å². The Hall–Kier alpha value is -1.25. The van der Waals surface area contributed by atoms with Crippen molar-refractivity contribution in [2.45, 2.75) is 12.3 Å². The maximum Gasteiger partial charge on any atom is 0.133 e. The van der Waals surface area contributed by atoms with Crippen LogP contribution in [0.2, 0.25) is 0 Å². The van der Waals surface area contributed by atoms with Crippen molar-refractivity contribution < 1.29 is 4.42 Å². The first-order chi connectivity index (χ1) is 7.88. The number of hydrogen-bond acceptors (Lipinski definition) is 2. The van der Waals surface area contributed by atoms with Gasteiger partial charge in [-0.15, -0.1) is 12.4 Å². The Morgan fingerprint density at radius 2 is 1.94 bits per heavy atom. The van der Waals surface area contributed by atoms with Crippen molar-refractivity contribution in [1.29, 1.82) is 0 Å². The zero-order chi connectivity index (χ0) is 11.0. The molecule has 2 N–H and O–H groups in total. The summed E-state index contributed by atoms with van der Waals surface area (Å²) in [7, 11) is 0. The van der Waals surface area contributed by atoms with Gasteiger partial charge in [-0.2, -0.15) is 0 Å². The van der Waals surface area contributed by atoms with E-state index in [1.165, 1.54) is 12.0 Å². The highest BCUT2D eigenvalue weighted by Gasteiger charge is 2.36. The molecule has 3 rings (SSSR count). The van der Waals surface area contributed by atoms with Gasteiger partial charge in [-0.3, -0.25) is 0 Å². The topological polar surface area (TPSA) is 39.2 Å². The van der Waals surface area contributed by atoms with Gasteiger partial charge in [0.15, 0.2) is 0 Å². The van der Waals surface area contributed by atoms with Gasteiger partial charge in [0, 0.05) is 5.56 Å². The second-order valence-electron chi connectivity index (χ2n) is 4.44. The summed E-state index contributed by atoms with van der Waals surface area (Å²) in [5.74, 6) is 2.32. The number of benzene rings is 1. The summed E-state index contributed by atoms with van der Waals surface area (Å²) in [5, 5.41) is 0. The van der Waals surface area contributed by atoms with Crippen molar-refractivity contribution in [1.82, 2.24) is 0 Å². The summed E-state index contributed by atoms with van der Waals surface area (Å²) in [6, 6.07) is 12.5. The Balaban J connectivity index is 0.00000108. The Bertz CT molecular complexity index is 463. The predicted octanol–water partition coefficient (Wildman–Crippen LogP) is 3.43. The van der Waals surface area contributed by atoms with E-state index in [-0.39, 0.29) is 12.4 Å². The average molecular weight is 250 g/mol. The molecule has 3 heteroatoms. The standard InChI is InChI=1S/C14H15NO.ClH/c15-9-12-8-13(12)10-3-5-11(6-4-10)14-2-1-7-16-14;/h1-7,12-13H,8-9,15H2;1H. The first-order valence-corrected chi connectivity index (χ1v) is 5.72. The zero-order valence-electron chi connectivity index (χ0n) is 9.50. The van der Waals surface area contributed by atoms with Crippen LogP contribution in [0.3, 0.4) is 0 Å². The minimum absolute atomic E-state index is 0. The second kappa shape index (κ2) is 4.94. The molecule has 0 saturated heterocycles. The van der Waals surface area contributed by atoms with Gasteiger partial charge < -0.3 is 10.2 Å². The largest absolute Gasteiger partial charge is 0.464 e. The molecule has 0 aliphatic heterocycles. The average Bonchev–Trinajstić information content (AvgIpc) is 2.93. The normalized spacial score (nSPS) is 21.9. The summed E-state index contributed by atoms with van der Waals surface area (Å²) >= 11 is 0. The lowest BCUT2D eigenvalue weighted by Gasteiger charge is -2.01. The molecule has 1 aliphatic rings. The zero-order valence-corrected chi connectivity index (χ0v) is 10.3. The number of halogens is 1. The summed E-state index contributed by atoms with van der Waals surface area (Å²) in [4.78, 5) is 0. The van der Waals surface area contributed by atoms with E-state index in [2.05, 4.69) is 24.3 Å². The summed E-state index contributed by atoms with van der Waals surface area (Å²) < 4.78 is 5.36. The smallest absolute Gasteiger partial charge is 0.133 e. The van der Waals surface area contributed by atoms with Gasteiger partial charge in [0.1, 0.15) is 5.76 Å². The number of rotatable bonds is 3. The molecule has 0 radical (unpaired) electrons. The van der Waals surface area contributed by atoms with E-state index in [9.17, 15) is 0 Å². The highest BCUT2D eigenvalue weighted by molar-refractivity contribution is 5.85. The maximum absolute atomic E-state index is 5.65. The minimum atomic E-state index is 0. The lowest BCUT2D eigenvalue weighted by molar-refractivity contribution is 0.582. The quantitative estimate of drug-likeness (QED) is 0.905. The molecular formula is C14H16ClNO. The van der Waals surface area contributed by atoms with Crippen LogP contribution in [0.4, 0.5) is 0 Å². The van der Waals surface area contributed by atoms with Crippen molar-refractivity contribution in [3.63, 3.8) is 0 Å². The van der Waals surface area contributed by atoms with Gasteiger partial charge in [-0.05, 0) is 42.5 Å². The molecule has 1 aliphatic carbocycles. The van der Waals surface area contributed by atoms with E-state index < -0.39 is 0 Å². The molecule has 90 valence electrons. The fraction of sp³-hybridized carbons (Fsp3) is 0.286. The van der Waals surface area contributed by atoms with Gasteiger partial charge >= 0.3 is 0 Å². The fourth-order valence-corrected chi connectivity index (χ4v) is 2.25. The van der Waals surface area contributed by atoms with Gasteiger partial charge in [0.2, 0.25) is 0 Å². The van der Waals surface area contributed by atoms with Crippen LogP contribution in [-0.4, -0.2) is 6.54 Å². The lowest BCUT2D eigenvalue weighted by Crippen LogP contribution is -2.01. The Morgan fingerprint density at radius 1 is 1.18 bits per heavy atom. The minimum Gasteiger partial charge on any atom is -0.464 e. The summed E-state index contributed by atoms with van der Waals surface area (Å²) in [5.41, 5.74) is 8.20. The highest BCUT2D eigenvalue weighted by atomic mass is 35.5. The van der Waals surface area contributed by atoms with Crippen LogP contribution in [0.5, 0.6) is 0 Å². The first-order valence-electron chi connectivity index (χ1n) is 5.72. The van der Waals surface area contributed by atoms with E-state index in [4.69, 9.17) is 10.2 Å². The van der Waals surface area contributed by atoms with E-state index in [0.29, 0.717) is 11.8 Å². The molecule has 1 fully saturated rings. The van der Waals surface area contributed by atoms with Crippen LogP contribution in [0.25, 0.3) is 11.3 Å². The molecule has 17 heavy (non-hydrogen) atoms. The second-order valence-corrected chi connectivity index (χ2v) is 4.44. The third kappa shape index (κ3) is 2.38. The maximum atomic E-state index is 5.65. The van der Waals surface area contributed by atoms with Crippen LogP contribution in [0, 0.1) is 5.92 Å². The number of nitrogens with two attached hydrogens (primary N) is 1. The highest BCUT2D eigenvalue weighted by Crippen LogP contribution is 2.46. The Kier molecular flexibility index (Phi) is 3.55. The molecule has 2 atom stereocenters. The van der Waals surface area contributed by atoms with Crippen molar-refractivity contribution in [3.05, 3.63) is 48.2 Å². The molecule has 1 heterocycles. The molecule has 1 saturated carbocycles.